The third kappa shape index (κ3) is 5.33. The molecule has 4 heteroatoms. The Morgan fingerprint density at radius 1 is 1.00 bits per heavy atom. The topological polar surface area (TPSA) is 74.6 Å². The number of benzene rings is 2. The van der Waals surface area contributed by atoms with Crippen molar-refractivity contribution in [3.05, 3.63) is 77.4 Å². The van der Waals surface area contributed by atoms with Gasteiger partial charge in [0.25, 0.3) is 0 Å². The van der Waals surface area contributed by atoms with Crippen molar-refractivity contribution in [1.82, 2.24) is 0 Å². The van der Waals surface area contributed by atoms with E-state index < -0.39 is 5.41 Å². The summed E-state index contributed by atoms with van der Waals surface area (Å²) in [5.74, 6) is 0.0833. The van der Waals surface area contributed by atoms with Gasteiger partial charge in [-0.05, 0) is 66.3 Å². The molecule has 2 N–H and O–H groups in total. The second-order valence-electron chi connectivity index (χ2n) is 8.23. The lowest BCUT2D eigenvalue weighted by molar-refractivity contribution is -0.135. The highest BCUT2D eigenvalue weighted by Crippen LogP contribution is 2.39. The van der Waals surface area contributed by atoms with Gasteiger partial charge < -0.3 is 10.2 Å². The number of aliphatic hydroxyl groups is 1. The van der Waals surface area contributed by atoms with Crippen LogP contribution in [0.4, 0.5) is 0 Å². The van der Waals surface area contributed by atoms with Gasteiger partial charge >= 0.3 is 0 Å². The molecule has 30 heavy (non-hydrogen) atoms. The molecule has 4 nitrogen and oxygen atoms in total. The van der Waals surface area contributed by atoms with Gasteiger partial charge in [-0.25, -0.2) is 0 Å². The number of hydrogen-bond donors (Lipinski definition) is 2. The van der Waals surface area contributed by atoms with E-state index in [9.17, 15) is 19.8 Å². The maximum atomic E-state index is 13.1. The first-order valence-electron chi connectivity index (χ1n) is 10.3. The highest BCUT2D eigenvalue weighted by molar-refractivity contribution is 6.17. The van der Waals surface area contributed by atoms with E-state index in [0.29, 0.717) is 17.9 Å². The summed E-state index contributed by atoms with van der Waals surface area (Å²) in [5, 5.41) is 18.9. The first-order valence-corrected chi connectivity index (χ1v) is 10.3. The minimum Gasteiger partial charge on any atom is -0.508 e. The predicted molar refractivity (Wildman–Crippen MR) is 119 cm³/mol. The molecule has 0 radical (unpaired) electrons. The average molecular weight is 405 g/mol. The maximum Gasteiger partial charge on any atom is 0.169 e. The van der Waals surface area contributed by atoms with Crippen molar-refractivity contribution in [2.75, 3.05) is 0 Å². The van der Waals surface area contributed by atoms with E-state index in [4.69, 9.17) is 0 Å². The van der Waals surface area contributed by atoms with Crippen LogP contribution in [0.3, 0.4) is 0 Å². The number of hydrogen-bond acceptors (Lipinski definition) is 4. The van der Waals surface area contributed by atoms with Crippen LogP contribution in [0.25, 0.3) is 12.2 Å². The number of carbonyl (C=O) groups is 2. The molecule has 156 valence electrons. The Hall–Kier alpha value is -2.98. The van der Waals surface area contributed by atoms with Crippen molar-refractivity contribution in [1.29, 1.82) is 0 Å². The van der Waals surface area contributed by atoms with Gasteiger partial charge in [-0.1, -0.05) is 61.7 Å². The number of allylic oxidation sites excluding steroid dienone is 2. The van der Waals surface area contributed by atoms with Gasteiger partial charge in [0.05, 0.1) is 12.0 Å². The Kier molecular flexibility index (Phi) is 7.01. The third-order valence-corrected chi connectivity index (χ3v) is 5.87. The van der Waals surface area contributed by atoms with E-state index in [2.05, 4.69) is 0 Å². The Bertz CT molecular complexity index is 969. The maximum absolute atomic E-state index is 13.1. The summed E-state index contributed by atoms with van der Waals surface area (Å²) >= 11 is 0. The van der Waals surface area contributed by atoms with Gasteiger partial charge in [-0.2, -0.15) is 0 Å². The zero-order valence-electron chi connectivity index (χ0n) is 17.3. The number of ketones is 2. The molecule has 1 aliphatic rings. The molecule has 1 fully saturated rings. The number of rotatable bonds is 9. The first kappa shape index (κ1) is 21.7. The average Bonchev–Trinajstić information content (AvgIpc) is 2.72. The van der Waals surface area contributed by atoms with Gasteiger partial charge in [-0.15, -0.1) is 0 Å². The Morgan fingerprint density at radius 3 is 2.13 bits per heavy atom. The Balaban J connectivity index is 1.81. The van der Waals surface area contributed by atoms with Crippen LogP contribution in [-0.2, 0) is 16.2 Å². The minimum atomic E-state index is -1.12. The van der Waals surface area contributed by atoms with Crippen LogP contribution in [0.1, 0.15) is 49.3 Å². The number of phenolic OH excluding ortho intramolecular Hbond substituents is 1. The van der Waals surface area contributed by atoms with Crippen molar-refractivity contribution in [2.24, 2.45) is 11.3 Å². The second-order valence-corrected chi connectivity index (χ2v) is 8.23. The number of carbonyl (C=O) groups excluding carboxylic acids is 2. The summed E-state index contributed by atoms with van der Waals surface area (Å²) in [4.78, 5) is 26.3. The molecule has 0 spiro atoms. The summed E-state index contributed by atoms with van der Waals surface area (Å²) in [6, 6.07) is 14.0. The van der Waals surface area contributed by atoms with Gasteiger partial charge in [-0.3, -0.25) is 9.59 Å². The molecular weight excluding hydrogens is 376 g/mol. The Morgan fingerprint density at radius 2 is 1.60 bits per heavy atom. The number of aliphatic hydroxyl groups excluding tert-OH is 1. The molecule has 0 heterocycles. The van der Waals surface area contributed by atoms with E-state index in [-0.39, 0.29) is 23.9 Å². The van der Waals surface area contributed by atoms with Crippen molar-refractivity contribution in [3.63, 3.8) is 0 Å². The molecule has 1 saturated carbocycles. The molecule has 0 bridgehead atoms. The van der Waals surface area contributed by atoms with Crippen LogP contribution in [0, 0.1) is 11.3 Å². The van der Waals surface area contributed by atoms with Crippen molar-refractivity contribution in [3.8, 4) is 5.75 Å². The van der Waals surface area contributed by atoms with Crippen molar-refractivity contribution < 1.29 is 19.8 Å². The summed E-state index contributed by atoms with van der Waals surface area (Å²) in [6.45, 7) is 1.67. The lowest BCUT2D eigenvalue weighted by atomic mass is 9.68. The van der Waals surface area contributed by atoms with Crippen LogP contribution in [0.2, 0.25) is 0 Å². The van der Waals surface area contributed by atoms with Crippen LogP contribution < -0.4 is 0 Å². The molecule has 1 unspecified atom stereocenters. The van der Waals surface area contributed by atoms with E-state index in [1.165, 1.54) is 12.2 Å². The predicted octanol–water partition coefficient (Wildman–Crippen LogP) is 4.95. The van der Waals surface area contributed by atoms with Crippen LogP contribution in [0.15, 0.2) is 60.7 Å². The zero-order valence-corrected chi connectivity index (χ0v) is 17.3. The minimum absolute atomic E-state index is 0.0622. The largest absolute Gasteiger partial charge is 0.508 e. The zero-order chi connectivity index (χ0) is 21.6. The normalized spacial score (nSPS) is 16.5. The van der Waals surface area contributed by atoms with E-state index in [0.717, 1.165) is 30.4 Å². The summed E-state index contributed by atoms with van der Waals surface area (Å²) in [7, 11) is 0. The fourth-order valence-electron chi connectivity index (χ4n) is 3.73. The second kappa shape index (κ2) is 9.68. The highest BCUT2D eigenvalue weighted by atomic mass is 16.3. The van der Waals surface area contributed by atoms with Gasteiger partial charge in [0, 0.05) is 0 Å². The van der Waals surface area contributed by atoms with Gasteiger partial charge in [0.15, 0.2) is 11.6 Å². The molecule has 0 amide bonds. The lowest BCUT2D eigenvalue weighted by Crippen LogP contribution is -2.37. The van der Waals surface area contributed by atoms with Gasteiger partial charge in [0.2, 0.25) is 0 Å². The molecule has 0 saturated heterocycles. The van der Waals surface area contributed by atoms with E-state index >= 15 is 0 Å². The molecule has 0 aromatic heterocycles. The molecule has 1 atom stereocenters. The van der Waals surface area contributed by atoms with Crippen molar-refractivity contribution >= 4 is 23.7 Å². The third-order valence-electron chi connectivity index (χ3n) is 5.87. The number of aromatic hydroxyl groups is 1. The molecule has 2 aromatic carbocycles. The smallest absolute Gasteiger partial charge is 0.169 e. The standard InChI is InChI=1S/C26H28O4/c1-26(17-21-7-3-8-21,25(30)14-12-20-6-4-10-23(28)16-20)24(29)13-11-19-5-2-9-22(15-19)18-27/h2,4-6,9-16,21,27-28H,3,7-8,17-18H2,1H3/b13-11+,14-12+. The number of phenols is 1. The summed E-state index contributed by atoms with van der Waals surface area (Å²) in [5.41, 5.74) is 1.16. The molecular formula is C26H28O4. The van der Waals surface area contributed by atoms with Crippen molar-refractivity contribution in [2.45, 2.75) is 39.2 Å². The first-order chi connectivity index (χ1) is 14.4. The molecule has 1 aliphatic carbocycles. The summed E-state index contributed by atoms with van der Waals surface area (Å²) < 4.78 is 0. The fraction of sp³-hybridized carbons (Fsp3) is 0.308. The SMILES string of the molecule is CC(CC1CCC1)(C(=O)/C=C/c1cccc(O)c1)C(=O)/C=C/c1cccc(CO)c1. The van der Waals surface area contributed by atoms with Crippen LogP contribution in [0.5, 0.6) is 5.75 Å². The lowest BCUT2D eigenvalue weighted by Gasteiger charge is -2.33. The van der Waals surface area contributed by atoms with E-state index in [1.54, 1.807) is 43.3 Å². The quantitative estimate of drug-likeness (QED) is 0.458. The summed E-state index contributed by atoms with van der Waals surface area (Å²) in [6.07, 6.45) is 10.1. The monoisotopic (exact) mass is 404 g/mol. The highest BCUT2D eigenvalue weighted by Gasteiger charge is 2.41. The molecule has 0 aliphatic heterocycles. The molecule has 2 aromatic rings. The van der Waals surface area contributed by atoms with Crippen LogP contribution in [-0.4, -0.2) is 21.8 Å². The van der Waals surface area contributed by atoms with Crippen LogP contribution >= 0.6 is 0 Å². The fourth-order valence-corrected chi connectivity index (χ4v) is 3.73. The van der Waals surface area contributed by atoms with E-state index in [1.807, 2.05) is 24.3 Å². The Labute approximate surface area is 177 Å². The van der Waals surface area contributed by atoms with Gasteiger partial charge in [0.1, 0.15) is 5.75 Å². The molecule has 3 rings (SSSR count).